The molecule has 4 nitrogen and oxygen atoms in total. The second kappa shape index (κ2) is 5.82. The van der Waals surface area contributed by atoms with Crippen molar-refractivity contribution in [2.75, 3.05) is 0 Å². The van der Waals surface area contributed by atoms with E-state index in [1.54, 1.807) is 0 Å². The minimum atomic E-state index is 0.0525. The van der Waals surface area contributed by atoms with Crippen LogP contribution in [0.2, 0.25) is 0 Å². The second-order valence-corrected chi connectivity index (χ2v) is 5.60. The molecule has 0 radical (unpaired) electrons. The first-order valence-electron chi connectivity index (χ1n) is 7.48. The van der Waals surface area contributed by atoms with E-state index in [1.165, 1.54) is 11.1 Å². The highest BCUT2D eigenvalue weighted by Gasteiger charge is 2.23. The highest BCUT2D eigenvalue weighted by Crippen LogP contribution is 2.34. The number of aryl methyl sites for hydroxylation is 2. The Labute approximate surface area is 125 Å². The number of fused-ring (bicyclic) bond motifs is 1. The Kier molecular flexibility index (Phi) is 3.88. The molecule has 0 bridgehead atoms. The minimum Gasteiger partial charge on any atom is -0.468 e. The minimum absolute atomic E-state index is 0.0525. The van der Waals surface area contributed by atoms with E-state index < -0.39 is 0 Å². The molecule has 2 aromatic rings. The molecule has 0 fully saturated rings. The quantitative estimate of drug-likeness (QED) is 0.940. The van der Waals surface area contributed by atoms with Gasteiger partial charge in [-0.1, -0.05) is 24.3 Å². The third-order valence-electron chi connectivity index (χ3n) is 4.32. The molecule has 1 aromatic carbocycles. The van der Waals surface area contributed by atoms with Gasteiger partial charge in [0.15, 0.2) is 0 Å². The molecule has 1 unspecified atom stereocenters. The molecule has 2 N–H and O–H groups in total. The Morgan fingerprint density at radius 2 is 2.05 bits per heavy atom. The van der Waals surface area contributed by atoms with E-state index in [1.807, 2.05) is 13.8 Å². The average Bonchev–Trinajstić information content (AvgIpc) is 2.52. The smallest absolute Gasteiger partial charge is 0.238 e. The van der Waals surface area contributed by atoms with Crippen LogP contribution in [-0.4, -0.2) is 10.2 Å². The van der Waals surface area contributed by atoms with Crippen LogP contribution >= 0.6 is 0 Å². The zero-order chi connectivity index (χ0) is 14.8. The predicted octanol–water partition coefficient (Wildman–Crippen LogP) is 3.01. The zero-order valence-electron chi connectivity index (χ0n) is 12.6. The molecule has 0 saturated heterocycles. The summed E-state index contributed by atoms with van der Waals surface area (Å²) in [6.07, 6.45) is 3.32. The summed E-state index contributed by atoms with van der Waals surface area (Å²) in [5.41, 5.74) is 11.5. The van der Waals surface area contributed by atoms with E-state index >= 15 is 0 Å². The number of hydrogen-bond donors (Lipinski definition) is 1. The first-order valence-corrected chi connectivity index (χ1v) is 7.48. The Morgan fingerprint density at radius 1 is 1.24 bits per heavy atom. The predicted molar refractivity (Wildman–Crippen MR) is 82.1 cm³/mol. The molecule has 21 heavy (non-hydrogen) atoms. The van der Waals surface area contributed by atoms with Gasteiger partial charge in [-0.3, -0.25) is 0 Å². The first-order chi connectivity index (χ1) is 10.2. The topological polar surface area (TPSA) is 61.0 Å². The summed E-state index contributed by atoms with van der Waals surface area (Å²) >= 11 is 0. The summed E-state index contributed by atoms with van der Waals surface area (Å²) in [5, 5.41) is 8.40. The summed E-state index contributed by atoms with van der Waals surface area (Å²) in [5.74, 6) is 0.585. The Hall–Kier alpha value is -1.94. The van der Waals surface area contributed by atoms with Gasteiger partial charge in [0.05, 0.1) is 5.69 Å². The maximum Gasteiger partial charge on any atom is 0.238 e. The van der Waals surface area contributed by atoms with Crippen molar-refractivity contribution in [1.29, 1.82) is 0 Å². The van der Waals surface area contributed by atoms with Crippen molar-refractivity contribution in [1.82, 2.24) is 10.2 Å². The SMILES string of the molecule is Cc1nnc(OC2CCCc3ccccc32)c(CN)c1C. The van der Waals surface area contributed by atoms with Crippen LogP contribution in [-0.2, 0) is 13.0 Å². The van der Waals surface area contributed by atoms with Crippen molar-refractivity contribution in [2.45, 2.75) is 45.8 Å². The second-order valence-electron chi connectivity index (χ2n) is 5.60. The summed E-state index contributed by atoms with van der Waals surface area (Å²) in [7, 11) is 0. The normalized spacial score (nSPS) is 17.4. The van der Waals surface area contributed by atoms with Crippen LogP contribution in [0.5, 0.6) is 5.88 Å². The van der Waals surface area contributed by atoms with Crippen LogP contribution in [0.4, 0.5) is 0 Å². The number of benzene rings is 1. The fourth-order valence-electron chi connectivity index (χ4n) is 2.94. The van der Waals surface area contributed by atoms with Crippen molar-refractivity contribution in [2.24, 2.45) is 5.73 Å². The van der Waals surface area contributed by atoms with Gasteiger partial charge in [0.1, 0.15) is 6.10 Å². The number of rotatable bonds is 3. The zero-order valence-corrected chi connectivity index (χ0v) is 12.6. The van der Waals surface area contributed by atoms with Crippen molar-refractivity contribution in [3.8, 4) is 5.88 Å². The molecular formula is C17H21N3O. The molecule has 0 saturated carbocycles. The van der Waals surface area contributed by atoms with Crippen molar-refractivity contribution in [3.63, 3.8) is 0 Å². The lowest BCUT2D eigenvalue weighted by Crippen LogP contribution is -2.18. The van der Waals surface area contributed by atoms with Gasteiger partial charge in [-0.25, -0.2) is 0 Å². The van der Waals surface area contributed by atoms with Gasteiger partial charge in [0.25, 0.3) is 0 Å². The summed E-state index contributed by atoms with van der Waals surface area (Å²) in [6.45, 7) is 4.39. The molecule has 1 heterocycles. The molecule has 0 aliphatic heterocycles. The van der Waals surface area contributed by atoms with Crippen LogP contribution in [0.3, 0.4) is 0 Å². The summed E-state index contributed by atoms with van der Waals surface area (Å²) < 4.78 is 6.19. The van der Waals surface area contributed by atoms with Crippen LogP contribution in [0.15, 0.2) is 24.3 Å². The standard InChI is InChI=1S/C17H21N3O/c1-11-12(2)19-20-17(15(11)10-18)21-16-9-5-7-13-6-3-4-8-14(13)16/h3-4,6,8,16H,5,7,9-10,18H2,1-2H3. The van der Waals surface area contributed by atoms with Crippen LogP contribution in [0.25, 0.3) is 0 Å². The highest BCUT2D eigenvalue weighted by atomic mass is 16.5. The highest BCUT2D eigenvalue weighted by molar-refractivity contribution is 5.37. The maximum absolute atomic E-state index is 6.19. The summed E-state index contributed by atoms with van der Waals surface area (Å²) in [6, 6.07) is 8.48. The average molecular weight is 283 g/mol. The Bertz CT molecular complexity index is 654. The summed E-state index contributed by atoms with van der Waals surface area (Å²) in [4.78, 5) is 0. The van der Waals surface area contributed by atoms with E-state index in [0.29, 0.717) is 12.4 Å². The van der Waals surface area contributed by atoms with Crippen LogP contribution < -0.4 is 10.5 Å². The monoisotopic (exact) mass is 283 g/mol. The molecule has 1 aliphatic carbocycles. The van der Waals surface area contributed by atoms with Crippen molar-refractivity contribution in [3.05, 3.63) is 52.2 Å². The fraction of sp³-hybridized carbons (Fsp3) is 0.412. The van der Waals surface area contributed by atoms with Gasteiger partial charge >= 0.3 is 0 Å². The van der Waals surface area contributed by atoms with Crippen molar-refractivity contribution >= 4 is 0 Å². The van der Waals surface area contributed by atoms with Gasteiger partial charge in [0.2, 0.25) is 5.88 Å². The van der Waals surface area contributed by atoms with Gasteiger partial charge in [-0.2, -0.15) is 5.10 Å². The largest absolute Gasteiger partial charge is 0.468 e. The number of ether oxygens (including phenoxy) is 1. The molecule has 3 rings (SSSR count). The van der Waals surface area contributed by atoms with E-state index in [9.17, 15) is 0 Å². The van der Waals surface area contributed by atoms with E-state index in [4.69, 9.17) is 10.5 Å². The lowest BCUT2D eigenvalue weighted by atomic mass is 9.89. The Morgan fingerprint density at radius 3 is 2.86 bits per heavy atom. The van der Waals surface area contributed by atoms with E-state index in [0.717, 1.165) is 36.1 Å². The third-order valence-corrected chi connectivity index (χ3v) is 4.32. The fourth-order valence-corrected chi connectivity index (χ4v) is 2.94. The number of nitrogens with two attached hydrogens (primary N) is 1. The Balaban J connectivity index is 1.93. The van der Waals surface area contributed by atoms with Crippen LogP contribution in [0, 0.1) is 13.8 Å². The number of aromatic nitrogens is 2. The molecule has 1 aromatic heterocycles. The number of hydrogen-bond acceptors (Lipinski definition) is 4. The maximum atomic E-state index is 6.19. The van der Waals surface area contributed by atoms with Gasteiger partial charge in [-0.05, 0) is 49.8 Å². The molecule has 1 aliphatic rings. The first kappa shape index (κ1) is 14.0. The molecule has 0 amide bonds. The molecule has 110 valence electrons. The number of nitrogens with zero attached hydrogens (tertiary/aromatic N) is 2. The molecule has 4 heteroatoms. The van der Waals surface area contributed by atoms with Crippen molar-refractivity contribution < 1.29 is 4.74 Å². The molecule has 1 atom stereocenters. The van der Waals surface area contributed by atoms with E-state index in [2.05, 4.69) is 34.5 Å². The van der Waals surface area contributed by atoms with Gasteiger partial charge < -0.3 is 10.5 Å². The van der Waals surface area contributed by atoms with Crippen LogP contribution in [0.1, 0.15) is 46.9 Å². The molecular weight excluding hydrogens is 262 g/mol. The van der Waals surface area contributed by atoms with E-state index in [-0.39, 0.29) is 6.10 Å². The molecule has 0 spiro atoms. The van der Waals surface area contributed by atoms with Gasteiger partial charge in [-0.15, -0.1) is 5.10 Å². The lowest BCUT2D eigenvalue weighted by molar-refractivity contribution is 0.171. The van der Waals surface area contributed by atoms with Gasteiger partial charge in [0, 0.05) is 12.1 Å². The lowest BCUT2D eigenvalue weighted by Gasteiger charge is -2.26. The third kappa shape index (κ3) is 2.63.